The van der Waals surface area contributed by atoms with Crippen molar-refractivity contribution >= 4 is 0 Å². The maximum Gasteiger partial charge on any atom is 0.0650 e. The number of fused-ring (bicyclic) bond motifs is 5. The summed E-state index contributed by atoms with van der Waals surface area (Å²) in [5.41, 5.74) is -0.281. The summed E-state index contributed by atoms with van der Waals surface area (Å²) in [6, 6.07) is 0. The van der Waals surface area contributed by atoms with Crippen LogP contribution in [0.3, 0.4) is 0 Å². The van der Waals surface area contributed by atoms with Crippen molar-refractivity contribution in [3.05, 3.63) is 0 Å². The molecule has 0 aromatic heterocycles. The number of hydrogen-bond acceptors (Lipinski definition) is 2. The molecule has 0 aliphatic heterocycles. The fourth-order valence-corrected chi connectivity index (χ4v) is 4.48. The van der Waals surface area contributed by atoms with Crippen molar-refractivity contribution in [2.75, 3.05) is 0 Å². The van der Waals surface area contributed by atoms with Gasteiger partial charge in [-0.2, -0.15) is 0 Å². The molecule has 3 aliphatic carbocycles. The van der Waals surface area contributed by atoms with Gasteiger partial charge in [0.25, 0.3) is 0 Å². The summed E-state index contributed by atoms with van der Waals surface area (Å²) in [6.07, 6.45) is 3.27. The van der Waals surface area contributed by atoms with Crippen molar-refractivity contribution in [2.45, 2.75) is 45.3 Å². The molecule has 3 saturated carbocycles. The molecular weight excluding hydrogens is 176 g/mol. The predicted molar refractivity (Wildman–Crippen MR) is 53.6 cm³/mol. The van der Waals surface area contributed by atoms with Crippen LogP contribution in [0.25, 0.3) is 0 Å². The van der Waals surface area contributed by atoms with Crippen LogP contribution in [-0.4, -0.2) is 22.4 Å². The molecule has 80 valence electrons. The van der Waals surface area contributed by atoms with Gasteiger partial charge in [0.1, 0.15) is 0 Å². The molecular formula is C12H20O2. The minimum atomic E-state index is -0.281. The summed E-state index contributed by atoms with van der Waals surface area (Å²) in [5, 5.41) is 20.5. The highest BCUT2D eigenvalue weighted by Gasteiger charge is 2.63. The second kappa shape index (κ2) is 2.53. The van der Waals surface area contributed by atoms with Crippen LogP contribution in [0, 0.1) is 29.1 Å². The monoisotopic (exact) mass is 196 g/mol. The first-order valence-electron chi connectivity index (χ1n) is 5.89. The van der Waals surface area contributed by atoms with Gasteiger partial charge in [-0.15, -0.1) is 0 Å². The predicted octanol–water partition coefficient (Wildman–Crippen LogP) is 1.41. The van der Waals surface area contributed by atoms with Crippen molar-refractivity contribution in [1.29, 1.82) is 0 Å². The lowest BCUT2D eigenvalue weighted by atomic mass is 9.80. The summed E-state index contributed by atoms with van der Waals surface area (Å²) >= 11 is 0. The molecule has 2 nitrogen and oxygen atoms in total. The minimum absolute atomic E-state index is 0.280. The van der Waals surface area contributed by atoms with Crippen molar-refractivity contribution in [3.8, 4) is 0 Å². The Morgan fingerprint density at radius 2 is 1.36 bits per heavy atom. The summed E-state index contributed by atoms with van der Waals surface area (Å²) < 4.78 is 0. The van der Waals surface area contributed by atoms with E-state index in [1.807, 2.05) is 13.8 Å². The highest BCUT2D eigenvalue weighted by atomic mass is 16.3. The van der Waals surface area contributed by atoms with Crippen LogP contribution in [0.4, 0.5) is 0 Å². The van der Waals surface area contributed by atoms with E-state index >= 15 is 0 Å². The Bertz CT molecular complexity index is 237. The van der Waals surface area contributed by atoms with Gasteiger partial charge in [-0.3, -0.25) is 0 Å². The smallest absolute Gasteiger partial charge is 0.0650 e. The van der Waals surface area contributed by atoms with Gasteiger partial charge < -0.3 is 10.2 Å². The number of rotatable bonds is 0. The Morgan fingerprint density at radius 1 is 0.929 bits per heavy atom. The highest BCUT2D eigenvalue weighted by molar-refractivity contribution is 5.12. The third kappa shape index (κ3) is 0.849. The molecule has 0 unspecified atom stereocenters. The Hall–Kier alpha value is -0.0800. The zero-order chi connectivity index (χ0) is 10.1. The molecule has 2 heteroatoms. The van der Waals surface area contributed by atoms with E-state index in [0.717, 1.165) is 0 Å². The second-order valence-electron chi connectivity index (χ2n) is 6.20. The number of aliphatic hydroxyl groups is 2. The topological polar surface area (TPSA) is 40.5 Å². The average Bonchev–Trinajstić information content (AvgIpc) is 2.76. The maximum atomic E-state index is 10.3. The maximum absolute atomic E-state index is 10.3. The lowest BCUT2D eigenvalue weighted by molar-refractivity contribution is -0.0204. The molecule has 0 heterocycles. The Balaban J connectivity index is 1.98. The second-order valence-corrected chi connectivity index (χ2v) is 6.20. The van der Waals surface area contributed by atoms with Gasteiger partial charge in [-0.25, -0.2) is 0 Å². The third-order valence-corrected chi connectivity index (χ3v) is 5.30. The van der Waals surface area contributed by atoms with E-state index in [4.69, 9.17) is 0 Å². The van der Waals surface area contributed by atoms with Gasteiger partial charge in [0.15, 0.2) is 0 Å². The van der Waals surface area contributed by atoms with E-state index in [0.29, 0.717) is 23.7 Å². The molecule has 3 fully saturated rings. The molecule has 14 heavy (non-hydrogen) atoms. The van der Waals surface area contributed by atoms with Gasteiger partial charge in [0, 0.05) is 5.41 Å². The van der Waals surface area contributed by atoms with E-state index < -0.39 is 0 Å². The molecule has 0 aromatic rings. The molecule has 3 aliphatic rings. The fourth-order valence-electron chi connectivity index (χ4n) is 4.48. The van der Waals surface area contributed by atoms with Gasteiger partial charge in [0.05, 0.1) is 12.2 Å². The first kappa shape index (κ1) is 9.17. The first-order chi connectivity index (χ1) is 6.53. The lowest BCUT2D eigenvalue weighted by Gasteiger charge is -2.29. The molecule has 0 spiro atoms. The quantitative estimate of drug-likeness (QED) is 0.615. The molecule has 0 amide bonds. The van der Waals surface area contributed by atoms with Crippen molar-refractivity contribution in [3.63, 3.8) is 0 Å². The number of hydrogen-bond donors (Lipinski definition) is 2. The van der Waals surface area contributed by atoms with Crippen LogP contribution in [-0.2, 0) is 0 Å². The van der Waals surface area contributed by atoms with Crippen LogP contribution >= 0.6 is 0 Å². The van der Waals surface area contributed by atoms with Crippen molar-refractivity contribution in [2.24, 2.45) is 29.1 Å². The first-order valence-corrected chi connectivity index (χ1v) is 5.89. The van der Waals surface area contributed by atoms with Crippen LogP contribution < -0.4 is 0 Å². The molecule has 2 bridgehead atoms. The SMILES string of the molecule is CC1(C)[C@H](O)[C@@H]2[C@H]3CC[C@@H](C3)[C@H]2[C@H]1O. The molecule has 6 atom stereocenters. The molecule has 0 aromatic carbocycles. The van der Waals surface area contributed by atoms with E-state index in [1.165, 1.54) is 19.3 Å². The standard InChI is InChI=1S/C12H20O2/c1-12(2)10(13)8-6-3-4-7(5-6)9(8)11(12)14/h6-11,13-14H,3-5H2,1-2H3/t6-,7-,8+,9+,10+,11+/m0/s1. The Morgan fingerprint density at radius 3 is 1.79 bits per heavy atom. The van der Waals surface area contributed by atoms with Gasteiger partial charge in [0.2, 0.25) is 0 Å². The molecule has 0 saturated heterocycles. The molecule has 3 rings (SSSR count). The van der Waals surface area contributed by atoms with Gasteiger partial charge >= 0.3 is 0 Å². The normalized spacial score (nSPS) is 59.1. The van der Waals surface area contributed by atoms with Crippen LogP contribution in [0.15, 0.2) is 0 Å². The Labute approximate surface area is 85.3 Å². The zero-order valence-electron chi connectivity index (χ0n) is 8.98. The summed E-state index contributed by atoms with van der Waals surface area (Å²) in [6.45, 7) is 4.03. The third-order valence-electron chi connectivity index (χ3n) is 5.30. The largest absolute Gasteiger partial charge is 0.392 e. The van der Waals surface area contributed by atoms with E-state index in [1.54, 1.807) is 0 Å². The van der Waals surface area contributed by atoms with E-state index in [9.17, 15) is 10.2 Å². The van der Waals surface area contributed by atoms with E-state index in [2.05, 4.69) is 0 Å². The zero-order valence-corrected chi connectivity index (χ0v) is 8.98. The van der Waals surface area contributed by atoms with Crippen LogP contribution in [0.1, 0.15) is 33.1 Å². The summed E-state index contributed by atoms with van der Waals surface area (Å²) in [4.78, 5) is 0. The van der Waals surface area contributed by atoms with Gasteiger partial charge in [-0.1, -0.05) is 13.8 Å². The summed E-state index contributed by atoms with van der Waals surface area (Å²) in [5.74, 6) is 2.21. The van der Waals surface area contributed by atoms with Crippen LogP contribution in [0.2, 0.25) is 0 Å². The number of aliphatic hydroxyl groups excluding tert-OH is 2. The minimum Gasteiger partial charge on any atom is -0.392 e. The Kier molecular flexibility index (Phi) is 1.66. The average molecular weight is 196 g/mol. The van der Waals surface area contributed by atoms with E-state index in [-0.39, 0.29) is 17.6 Å². The molecule has 2 N–H and O–H groups in total. The van der Waals surface area contributed by atoms with Gasteiger partial charge in [-0.05, 0) is 42.9 Å². The van der Waals surface area contributed by atoms with Crippen molar-refractivity contribution < 1.29 is 10.2 Å². The lowest BCUT2D eigenvalue weighted by Crippen LogP contribution is -2.36. The highest BCUT2D eigenvalue weighted by Crippen LogP contribution is 2.62. The van der Waals surface area contributed by atoms with Crippen LogP contribution in [0.5, 0.6) is 0 Å². The summed E-state index contributed by atoms with van der Waals surface area (Å²) in [7, 11) is 0. The molecule has 0 radical (unpaired) electrons. The fraction of sp³-hybridized carbons (Fsp3) is 1.00. The van der Waals surface area contributed by atoms with Crippen molar-refractivity contribution in [1.82, 2.24) is 0 Å².